The van der Waals surface area contributed by atoms with Crippen molar-refractivity contribution in [1.82, 2.24) is 14.7 Å². The summed E-state index contributed by atoms with van der Waals surface area (Å²) in [5, 5.41) is 15.3. The van der Waals surface area contributed by atoms with Crippen molar-refractivity contribution in [2.24, 2.45) is 7.05 Å². The molecule has 1 aromatic heterocycles. The molecule has 1 heterocycles. The predicted octanol–water partition coefficient (Wildman–Crippen LogP) is 3.65. The lowest BCUT2D eigenvalue weighted by atomic mass is 10.1. The number of terminal acetylenes is 1. The van der Waals surface area contributed by atoms with E-state index in [2.05, 4.69) is 10.8 Å². The van der Waals surface area contributed by atoms with Crippen molar-refractivity contribution in [2.45, 2.75) is 19.6 Å². The SMILES string of the molecule is C#CCOC[C@H](O)CN(CCOC)Cc1c(-c2ccccc2)nn(C)c1Oc1cccc(C)c1. The molecule has 180 valence electrons. The number of aryl methyl sites for hydroxylation is 2. The minimum Gasteiger partial charge on any atom is -0.439 e. The van der Waals surface area contributed by atoms with Crippen molar-refractivity contribution in [3.63, 3.8) is 0 Å². The molecule has 0 saturated heterocycles. The van der Waals surface area contributed by atoms with Crippen LogP contribution in [0.4, 0.5) is 0 Å². The Kier molecular flexibility index (Phi) is 9.68. The summed E-state index contributed by atoms with van der Waals surface area (Å²) in [6, 6.07) is 17.9. The van der Waals surface area contributed by atoms with E-state index in [1.807, 2.05) is 68.6 Å². The Balaban J connectivity index is 1.93. The zero-order chi connectivity index (χ0) is 24.3. The van der Waals surface area contributed by atoms with Gasteiger partial charge in [0, 0.05) is 39.4 Å². The number of hydrogen-bond donors (Lipinski definition) is 1. The van der Waals surface area contributed by atoms with Gasteiger partial charge in [-0.25, -0.2) is 4.68 Å². The lowest BCUT2D eigenvalue weighted by Gasteiger charge is -2.25. The van der Waals surface area contributed by atoms with Gasteiger partial charge in [0.15, 0.2) is 0 Å². The summed E-state index contributed by atoms with van der Waals surface area (Å²) in [5.41, 5.74) is 3.88. The van der Waals surface area contributed by atoms with Crippen LogP contribution in [0.5, 0.6) is 11.6 Å². The third-order valence-corrected chi connectivity index (χ3v) is 5.30. The second kappa shape index (κ2) is 12.9. The normalized spacial score (nSPS) is 12.0. The number of ether oxygens (including phenoxy) is 3. The molecular weight excluding hydrogens is 430 g/mol. The van der Waals surface area contributed by atoms with Gasteiger partial charge < -0.3 is 19.3 Å². The second-order valence-electron chi connectivity index (χ2n) is 8.14. The van der Waals surface area contributed by atoms with E-state index >= 15 is 0 Å². The molecule has 0 amide bonds. The van der Waals surface area contributed by atoms with Crippen molar-refractivity contribution in [1.29, 1.82) is 0 Å². The Morgan fingerprint density at radius 3 is 2.68 bits per heavy atom. The van der Waals surface area contributed by atoms with E-state index in [0.29, 0.717) is 32.1 Å². The van der Waals surface area contributed by atoms with E-state index < -0.39 is 6.10 Å². The van der Waals surface area contributed by atoms with Crippen LogP contribution in [0.25, 0.3) is 11.3 Å². The summed E-state index contributed by atoms with van der Waals surface area (Å²) in [4.78, 5) is 2.11. The first-order chi connectivity index (χ1) is 16.5. The molecule has 0 fully saturated rings. The third-order valence-electron chi connectivity index (χ3n) is 5.30. The van der Waals surface area contributed by atoms with Crippen LogP contribution < -0.4 is 4.74 Å². The summed E-state index contributed by atoms with van der Waals surface area (Å²) >= 11 is 0. The largest absolute Gasteiger partial charge is 0.439 e. The first-order valence-electron chi connectivity index (χ1n) is 11.3. The lowest BCUT2D eigenvalue weighted by molar-refractivity contribution is 0.0206. The lowest BCUT2D eigenvalue weighted by Crippen LogP contribution is -2.36. The van der Waals surface area contributed by atoms with E-state index in [0.717, 1.165) is 28.1 Å². The molecule has 0 spiro atoms. The van der Waals surface area contributed by atoms with Crippen LogP contribution in [0.2, 0.25) is 0 Å². The van der Waals surface area contributed by atoms with Gasteiger partial charge in [0.2, 0.25) is 5.88 Å². The highest BCUT2D eigenvalue weighted by Gasteiger charge is 2.23. The standard InChI is InChI=1S/C27H33N3O4/c1-5-15-33-20-23(31)18-30(14-16-32-4)19-25-26(22-11-7-6-8-12-22)28-29(3)27(25)34-24-13-9-10-21(2)17-24/h1,6-13,17,23,31H,14-16,18-20H2,2-4H3/t23-/m1/s1. The van der Waals surface area contributed by atoms with Crippen molar-refractivity contribution in [3.8, 4) is 35.2 Å². The Morgan fingerprint density at radius 2 is 1.97 bits per heavy atom. The molecule has 2 aromatic carbocycles. The first kappa shape index (κ1) is 25.5. The quantitative estimate of drug-likeness (QED) is 0.308. The van der Waals surface area contributed by atoms with Crippen LogP contribution in [0, 0.1) is 19.3 Å². The molecule has 0 aliphatic heterocycles. The molecule has 3 rings (SSSR count). The van der Waals surface area contributed by atoms with Gasteiger partial charge in [-0.2, -0.15) is 5.10 Å². The molecule has 0 bridgehead atoms. The highest BCUT2D eigenvalue weighted by molar-refractivity contribution is 5.65. The van der Waals surface area contributed by atoms with Crippen LogP contribution in [0.15, 0.2) is 54.6 Å². The molecule has 0 unspecified atom stereocenters. The maximum absolute atomic E-state index is 10.5. The number of aliphatic hydroxyl groups excluding tert-OH is 1. The monoisotopic (exact) mass is 463 g/mol. The number of aliphatic hydroxyl groups is 1. The molecule has 1 N–H and O–H groups in total. The Labute approximate surface area is 201 Å². The van der Waals surface area contributed by atoms with Crippen LogP contribution in [0.3, 0.4) is 0 Å². The van der Waals surface area contributed by atoms with Gasteiger partial charge >= 0.3 is 0 Å². The molecule has 0 saturated carbocycles. The molecule has 0 aliphatic carbocycles. The van der Waals surface area contributed by atoms with E-state index in [1.165, 1.54) is 0 Å². The summed E-state index contributed by atoms with van der Waals surface area (Å²) in [5.74, 6) is 3.82. The van der Waals surface area contributed by atoms with Crippen LogP contribution in [0.1, 0.15) is 11.1 Å². The van der Waals surface area contributed by atoms with Gasteiger partial charge in [0.05, 0.1) is 24.9 Å². The number of hydrogen-bond acceptors (Lipinski definition) is 6. The predicted molar refractivity (Wildman–Crippen MR) is 133 cm³/mol. The number of aromatic nitrogens is 2. The number of nitrogens with zero attached hydrogens (tertiary/aromatic N) is 3. The molecule has 3 aromatic rings. The highest BCUT2D eigenvalue weighted by atomic mass is 16.5. The van der Waals surface area contributed by atoms with Crippen molar-refractivity contribution < 1.29 is 19.3 Å². The van der Waals surface area contributed by atoms with Gasteiger partial charge in [-0.15, -0.1) is 6.42 Å². The maximum atomic E-state index is 10.5. The van der Waals surface area contributed by atoms with Crippen molar-refractivity contribution >= 4 is 0 Å². The molecule has 7 nitrogen and oxygen atoms in total. The number of methoxy groups -OCH3 is 1. The molecule has 34 heavy (non-hydrogen) atoms. The fraction of sp³-hybridized carbons (Fsp3) is 0.370. The fourth-order valence-corrected chi connectivity index (χ4v) is 3.72. The Hall–Kier alpha value is -3.15. The van der Waals surface area contributed by atoms with Gasteiger partial charge in [0.1, 0.15) is 18.1 Å². The Bertz CT molecular complexity index is 1080. The maximum Gasteiger partial charge on any atom is 0.222 e. The summed E-state index contributed by atoms with van der Waals surface area (Å²) in [7, 11) is 3.54. The zero-order valence-electron chi connectivity index (χ0n) is 20.1. The molecule has 0 aliphatic rings. The highest BCUT2D eigenvalue weighted by Crippen LogP contribution is 2.34. The van der Waals surface area contributed by atoms with E-state index in [1.54, 1.807) is 11.8 Å². The van der Waals surface area contributed by atoms with E-state index in [4.69, 9.17) is 25.7 Å². The summed E-state index contributed by atoms with van der Waals surface area (Å²) < 4.78 is 18.8. The average Bonchev–Trinajstić information content (AvgIpc) is 3.13. The van der Waals surface area contributed by atoms with Crippen LogP contribution in [-0.4, -0.2) is 65.9 Å². The summed E-state index contributed by atoms with van der Waals surface area (Å²) in [6.07, 6.45) is 4.55. The average molecular weight is 464 g/mol. The third kappa shape index (κ3) is 7.17. The van der Waals surface area contributed by atoms with Gasteiger partial charge in [-0.3, -0.25) is 4.90 Å². The van der Waals surface area contributed by atoms with Crippen molar-refractivity contribution in [2.75, 3.05) is 40.0 Å². The van der Waals surface area contributed by atoms with E-state index in [-0.39, 0.29) is 13.2 Å². The van der Waals surface area contributed by atoms with Gasteiger partial charge in [0.25, 0.3) is 0 Å². The molecule has 7 heteroatoms. The van der Waals surface area contributed by atoms with Crippen LogP contribution in [-0.2, 0) is 23.1 Å². The topological polar surface area (TPSA) is 69.0 Å². The van der Waals surface area contributed by atoms with Gasteiger partial charge in [-0.05, 0) is 24.6 Å². The second-order valence-corrected chi connectivity index (χ2v) is 8.14. The first-order valence-corrected chi connectivity index (χ1v) is 11.3. The minimum absolute atomic E-state index is 0.166. The smallest absolute Gasteiger partial charge is 0.222 e. The Morgan fingerprint density at radius 1 is 1.18 bits per heavy atom. The van der Waals surface area contributed by atoms with Crippen molar-refractivity contribution in [3.05, 3.63) is 65.7 Å². The fourth-order valence-electron chi connectivity index (χ4n) is 3.72. The van der Waals surface area contributed by atoms with E-state index in [9.17, 15) is 5.11 Å². The zero-order valence-corrected chi connectivity index (χ0v) is 20.1. The molecule has 1 atom stereocenters. The molecule has 0 radical (unpaired) electrons. The molecular formula is C27H33N3O4. The number of rotatable bonds is 13. The minimum atomic E-state index is -0.691. The number of benzene rings is 2. The van der Waals surface area contributed by atoms with Crippen LogP contribution >= 0.6 is 0 Å². The summed E-state index contributed by atoms with van der Waals surface area (Å²) in [6.45, 7) is 4.41. The van der Waals surface area contributed by atoms with Gasteiger partial charge in [-0.1, -0.05) is 48.4 Å².